The monoisotopic (exact) mass is 303 g/mol. The number of anilines is 1. The van der Waals surface area contributed by atoms with Crippen LogP contribution in [-0.4, -0.2) is 17.3 Å². The number of nitrogen functional groups attached to an aromatic ring is 1. The highest BCUT2D eigenvalue weighted by atomic mass is 35.5. The Balaban J connectivity index is 2.17. The average molecular weight is 304 g/mol. The largest absolute Gasteiger partial charge is 0.496 e. The van der Waals surface area contributed by atoms with Gasteiger partial charge in [-0.3, -0.25) is 5.10 Å². The lowest BCUT2D eigenvalue weighted by atomic mass is 10.0. The number of halogens is 1. The zero-order valence-corrected chi connectivity index (χ0v) is 12.4. The number of hydrogen-bond donors (Lipinski definition) is 2. The minimum Gasteiger partial charge on any atom is -0.496 e. The fraction of sp³-hybridized carbons (Fsp3) is 0.133. The van der Waals surface area contributed by atoms with Crippen molar-refractivity contribution >= 4 is 17.4 Å². The summed E-state index contributed by atoms with van der Waals surface area (Å²) in [5, 5.41) is 7.26. The van der Waals surface area contributed by atoms with Crippen LogP contribution < -0.4 is 10.5 Å². The first-order valence-electron chi connectivity index (χ1n) is 6.34. The summed E-state index contributed by atoms with van der Waals surface area (Å²) in [5.74, 6) is 1.76. The van der Waals surface area contributed by atoms with E-state index >= 15 is 0 Å². The maximum atomic E-state index is 5.99. The molecule has 0 saturated carbocycles. The van der Waals surface area contributed by atoms with Gasteiger partial charge in [-0.05, 0) is 47.9 Å². The summed E-state index contributed by atoms with van der Waals surface area (Å²) in [6.45, 7) is 1.98. The van der Waals surface area contributed by atoms with E-state index in [4.69, 9.17) is 26.5 Å². The number of methoxy groups -OCH3 is 1. The molecule has 0 radical (unpaired) electrons. The molecule has 2 heterocycles. The standard InChI is InChI=1S/C15H14ClN3O2/c1-8-3-4-9(7-11(8)20-2)13-14(18-19-15(13)17)10-5-6-12(16)21-10/h3-7H,1-2H3,(H3,17,18,19). The van der Waals surface area contributed by atoms with Crippen LogP contribution in [0.1, 0.15) is 5.56 Å². The van der Waals surface area contributed by atoms with E-state index < -0.39 is 0 Å². The first kappa shape index (κ1) is 13.6. The molecule has 21 heavy (non-hydrogen) atoms. The second-order valence-corrected chi connectivity index (χ2v) is 5.02. The summed E-state index contributed by atoms with van der Waals surface area (Å²) in [5.41, 5.74) is 9.38. The molecule has 3 rings (SSSR count). The van der Waals surface area contributed by atoms with Crippen LogP contribution in [0, 0.1) is 6.92 Å². The lowest BCUT2D eigenvalue weighted by Gasteiger charge is -2.08. The van der Waals surface area contributed by atoms with Crippen LogP contribution in [0.25, 0.3) is 22.6 Å². The number of aromatic nitrogens is 2. The maximum Gasteiger partial charge on any atom is 0.194 e. The van der Waals surface area contributed by atoms with Gasteiger partial charge in [0.2, 0.25) is 0 Å². The molecule has 3 aromatic rings. The Bertz CT molecular complexity index is 792. The topological polar surface area (TPSA) is 77.1 Å². The summed E-state index contributed by atoms with van der Waals surface area (Å²) in [6, 6.07) is 9.30. The summed E-state index contributed by atoms with van der Waals surface area (Å²) < 4.78 is 10.8. The second-order valence-electron chi connectivity index (χ2n) is 4.65. The molecule has 1 aromatic carbocycles. The summed E-state index contributed by atoms with van der Waals surface area (Å²) >= 11 is 5.83. The molecule has 0 fully saturated rings. The number of furan rings is 1. The second kappa shape index (κ2) is 5.18. The van der Waals surface area contributed by atoms with Crippen LogP contribution in [0.3, 0.4) is 0 Å². The number of ether oxygens (including phenoxy) is 1. The first-order valence-corrected chi connectivity index (χ1v) is 6.72. The van der Waals surface area contributed by atoms with E-state index in [1.165, 1.54) is 0 Å². The summed E-state index contributed by atoms with van der Waals surface area (Å²) in [6.07, 6.45) is 0. The van der Waals surface area contributed by atoms with Crippen molar-refractivity contribution in [3.05, 3.63) is 41.1 Å². The number of nitrogens with two attached hydrogens (primary N) is 1. The highest BCUT2D eigenvalue weighted by molar-refractivity contribution is 6.29. The van der Waals surface area contributed by atoms with Gasteiger partial charge < -0.3 is 14.9 Å². The number of H-pyrrole nitrogens is 1. The molecule has 0 aliphatic rings. The molecule has 0 atom stereocenters. The Morgan fingerprint density at radius 2 is 2.10 bits per heavy atom. The molecule has 0 bridgehead atoms. The van der Waals surface area contributed by atoms with E-state index in [0.29, 0.717) is 22.5 Å². The Labute approximate surface area is 126 Å². The summed E-state index contributed by atoms with van der Waals surface area (Å²) in [4.78, 5) is 0. The Hall–Kier alpha value is -2.40. The highest BCUT2D eigenvalue weighted by Crippen LogP contribution is 2.37. The smallest absolute Gasteiger partial charge is 0.194 e. The van der Waals surface area contributed by atoms with Crippen LogP contribution >= 0.6 is 11.6 Å². The van der Waals surface area contributed by atoms with E-state index in [-0.39, 0.29) is 0 Å². The van der Waals surface area contributed by atoms with E-state index in [1.807, 2.05) is 25.1 Å². The number of nitrogens with one attached hydrogen (secondary N) is 1. The third-order valence-corrected chi connectivity index (χ3v) is 3.51. The number of aryl methyl sites for hydroxylation is 1. The SMILES string of the molecule is COc1cc(-c2c(N)n[nH]c2-c2ccc(Cl)o2)ccc1C. The van der Waals surface area contributed by atoms with Crippen molar-refractivity contribution in [1.82, 2.24) is 10.2 Å². The molecule has 2 aromatic heterocycles. The van der Waals surface area contributed by atoms with E-state index in [0.717, 1.165) is 22.4 Å². The maximum absolute atomic E-state index is 5.99. The number of aromatic amines is 1. The fourth-order valence-electron chi connectivity index (χ4n) is 2.25. The van der Waals surface area contributed by atoms with Crippen molar-refractivity contribution in [3.8, 4) is 28.3 Å². The molecular weight excluding hydrogens is 290 g/mol. The molecular formula is C15H14ClN3O2. The fourth-order valence-corrected chi connectivity index (χ4v) is 2.40. The number of benzene rings is 1. The van der Waals surface area contributed by atoms with Crippen molar-refractivity contribution in [3.63, 3.8) is 0 Å². The normalized spacial score (nSPS) is 10.8. The van der Waals surface area contributed by atoms with Gasteiger partial charge >= 0.3 is 0 Å². The van der Waals surface area contributed by atoms with Crippen molar-refractivity contribution in [1.29, 1.82) is 0 Å². The van der Waals surface area contributed by atoms with Crippen molar-refractivity contribution < 1.29 is 9.15 Å². The number of nitrogens with zero attached hydrogens (tertiary/aromatic N) is 1. The molecule has 6 heteroatoms. The number of hydrogen-bond acceptors (Lipinski definition) is 4. The van der Waals surface area contributed by atoms with Gasteiger partial charge in [-0.2, -0.15) is 5.10 Å². The predicted molar refractivity (Wildman–Crippen MR) is 82.4 cm³/mol. The van der Waals surface area contributed by atoms with Gasteiger partial charge in [0.25, 0.3) is 0 Å². The molecule has 3 N–H and O–H groups in total. The minimum atomic E-state index is 0.311. The quantitative estimate of drug-likeness (QED) is 0.769. The van der Waals surface area contributed by atoms with E-state index in [2.05, 4.69) is 10.2 Å². The molecule has 0 saturated heterocycles. The lowest BCUT2D eigenvalue weighted by Crippen LogP contribution is -1.91. The van der Waals surface area contributed by atoms with Gasteiger partial charge in [-0.25, -0.2) is 0 Å². The van der Waals surface area contributed by atoms with Crippen LogP contribution in [0.4, 0.5) is 5.82 Å². The Morgan fingerprint density at radius 3 is 2.76 bits per heavy atom. The van der Waals surface area contributed by atoms with Crippen LogP contribution in [0.15, 0.2) is 34.7 Å². The molecule has 0 aliphatic carbocycles. The molecule has 108 valence electrons. The van der Waals surface area contributed by atoms with E-state index in [9.17, 15) is 0 Å². The van der Waals surface area contributed by atoms with Gasteiger partial charge in [0.1, 0.15) is 11.4 Å². The molecule has 5 nitrogen and oxygen atoms in total. The van der Waals surface area contributed by atoms with Gasteiger partial charge in [-0.15, -0.1) is 0 Å². The third-order valence-electron chi connectivity index (χ3n) is 3.31. The zero-order valence-electron chi connectivity index (χ0n) is 11.6. The number of rotatable bonds is 3. The predicted octanol–water partition coefficient (Wildman–Crippen LogP) is 3.89. The van der Waals surface area contributed by atoms with Gasteiger partial charge in [0.05, 0.1) is 12.7 Å². The molecule has 0 aliphatic heterocycles. The van der Waals surface area contributed by atoms with Crippen LogP contribution in [0.2, 0.25) is 5.22 Å². The van der Waals surface area contributed by atoms with Crippen molar-refractivity contribution in [2.75, 3.05) is 12.8 Å². The Morgan fingerprint density at radius 1 is 1.29 bits per heavy atom. The first-order chi connectivity index (χ1) is 10.1. The minimum absolute atomic E-state index is 0.311. The highest BCUT2D eigenvalue weighted by Gasteiger charge is 2.18. The zero-order chi connectivity index (χ0) is 15.0. The Kier molecular flexibility index (Phi) is 3.35. The molecule has 0 spiro atoms. The third kappa shape index (κ3) is 2.36. The average Bonchev–Trinajstić information content (AvgIpc) is 3.05. The molecule has 0 unspecified atom stereocenters. The van der Waals surface area contributed by atoms with Crippen molar-refractivity contribution in [2.24, 2.45) is 0 Å². The van der Waals surface area contributed by atoms with Crippen LogP contribution in [-0.2, 0) is 0 Å². The van der Waals surface area contributed by atoms with E-state index in [1.54, 1.807) is 19.2 Å². The lowest BCUT2D eigenvalue weighted by molar-refractivity contribution is 0.412. The molecule has 0 amide bonds. The van der Waals surface area contributed by atoms with Crippen molar-refractivity contribution in [2.45, 2.75) is 6.92 Å². The van der Waals surface area contributed by atoms with Crippen LogP contribution in [0.5, 0.6) is 5.75 Å². The van der Waals surface area contributed by atoms with Gasteiger partial charge in [0, 0.05) is 0 Å². The summed E-state index contributed by atoms with van der Waals surface area (Å²) in [7, 11) is 1.64. The van der Waals surface area contributed by atoms with Gasteiger partial charge in [0.15, 0.2) is 16.8 Å². The van der Waals surface area contributed by atoms with Gasteiger partial charge in [-0.1, -0.05) is 12.1 Å².